The van der Waals surface area contributed by atoms with Gasteiger partial charge in [0.15, 0.2) is 0 Å². The Kier molecular flexibility index (Phi) is 30.2. The molecule has 0 heterocycles. The van der Waals surface area contributed by atoms with Gasteiger partial charge in [0, 0.05) is 12.8 Å². The molecule has 0 aromatic carbocycles. The zero-order valence-electron chi connectivity index (χ0n) is 20.3. The molecule has 0 radical (unpaired) electrons. The second kappa shape index (κ2) is 21.4. The summed E-state index contributed by atoms with van der Waals surface area (Å²) < 4.78 is 8.07. The van der Waals surface area contributed by atoms with E-state index in [4.69, 9.17) is 21.7 Å². The van der Waals surface area contributed by atoms with Gasteiger partial charge in [0.25, 0.3) is 0 Å². The SMILES string of the molecule is N[C@@H](CCC(=O)OC(=O)C(=O)OC(=O)CC[C@H](N)C(=O)O)C(=O)O.[H-].[H-].[H-].[H-].[Na+].[Na+].[Na+].[Na+]. The standard InChI is InChI=1S/C12H16N2O10.4Na.4H/c13-5(9(17)18)1-3-7(15)23-11(21)12(22)24-8(16)4-2-6(14)10(19)20;;;;;;;;/h5-6H,1-4,13-14H2,(H,17,18)(H,19,20);;;;;;;;/q;4*+1;4*-1/t5-,6-;;;;;;;;/m0......../s1. The molecule has 16 heteroatoms. The summed E-state index contributed by atoms with van der Waals surface area (Å²) in [6, 6.07) is -2.70. The molecule has 0 aliphatic carbocycles. The maximum Gasteiger partial charge on any atom is 1.00 e. The van der Waals surface area contributed by atoms with Crippen LogP contribution in [0.15, 0.2) is 0 Å². The second-order valence-electron chi connectivity index (χ2n) is 4.49. The average molecular weight is 444 g/mol. The van der Waals surface area contributed by atoms with Gasteiger partial charge in [0.1, 0.15) is 12.1 Å². The Bertz CT molecular complexity index is 530. The summed E-state index contributed by atoms with van der Waals surface area (Å²) in [5.41, 5.74) is 10.2. The van der Waals surface area contributed by atoms with Crippen molar-refractivity contribution in [3.8, 4) is 0 Å². The van der Waals surface area contributed by atoms with Gasteiger partial charge in [-0.05, 0) is 12.8 Å². The maximum absolute atomic E-state index is 11.2. The first-order valence-electron chi connectivity index (χ1n) is 6.51. The van der Waals surface area contributed by atoms with Crippen molar-refractivity contribution < 1.29 is 172 Å². The van der Waals surface area contributed by atoms with Crippen molar-refractivity contribution in [1.82, 2.24) is 0 Å². The minimum atomic E-state index is -1.78. The third kappa shape index (κ3) is 19.1. The molecule has 0 saturated carbocycles. The molecule has 0 saturated heterocycles. The number of aliphatic carboxylic acids is 2. The molecule has 0 rings (SSSR count). The Morgan fingerprint density at radius 1 is 0.679 bits per heavy atom. The van der Waals surface area contributed by atoms with Crippen molar-refractivity contribution in [3.63, 3.8) is 0 Å². The molecule has 0 fully saturated rings. The molecule has 28 heavy (non-hydrogen) atoms. The van der Waals surface area contributed by atoms with Crippen LogP contribution in [-0.2, 0) is 38.2 Å². The fourth-order valence-electron chi connectivity index (χ4n) is 1.19. The molecule has 0 aromatic rings. The maximum atomic E-state index is 11.2. The summed E-state index contributed by atoms with van der Waals surface area (Å²) >= 11 is 0. The van der Waals surface area contributed by atoms with Gasteiger partial charge in [0.2, 0.25) is 0 Å². The summed E-state index contributed by atoms with van der Waals surface area (Å²) in [5, 5.41) is 17.0. The quantitative estimate of drug-likeness (QED) is 0.119. The Balaban J connectivity index is -0.0000000945. The van der Waals surface area contributed by atoms with Crippen molar-refractivity contribution >= 4 is 35.8 Å². The molecule has 0 bridgehead atoms. The van der Waals surface area contributed by atoms with E-state index in [0.717, 1.165) is 0 Å². The van der Waals surface area contributed by atoms with Crippen LogP contribution in [0.5, 0.6) is 0 Å². The number of hydrogen-bond acceptors (Lipinski definition) is 10. The second-order valence-corrected chi connectivity index (χ2v) is 4.49. The fourth-order valence-corrected chi connectivity index (χ4v) is 1.19. The number of nitrogens with two attached hydrogens (primary N) is 2. The molecule has 12 nitrogen and oxygen atoms in total. The van der Waals surface area contributed by atoms with E-state index in [2.05, 4.69) is 9.47 Å². The number of carbonyl (C=O) groups is 6. The number of esters is 4. The summed E-state index contributed by atoms with van der Waals surface area (Å²) in [7, 11) is 0. The van der Waals surface area contributed by atoms with E-state index >= 15 is 0 Å². The fraction of sp³-hybridized carbons (Fsp3) is 0.500. The van der Waals surface area contributed by atoms with Crippen molar-refractivity contribution in [2.75, 3.05) is 0 Å². The Morgan fingerprint density at radius 3 is 1.14 bits per heavy atom. The Labute approximate surface area is 254 Å². The summed E-state index contributed by atoms with van der Waals surface area (Å²) in [5.74, 6) is -8.74. The molecule has 142 valence electrons. The first-order chi connectivity index (χ1) is 11.0. The number of rotatable bonds is 8. The van der Waals surface area contributed by atoms with Gasteiger partial charge >= 0.3 is 154 Å². The molecular weight excluding hydrogens is 424 g/mol. The minimum absolute atomic E-state index is 0. The van der Waals surface area contributed by atoms with Crippen LogP contribution in [0.1, 0.15) is 31.4 Å². The molecule has 0 unspecified atom stereocenters. The van der Waals surface area contributed by atoms with E-state index in [0.29, 0.717) is 0 Å². The predicted octanol–water partition coefficient (Wildman–Crippen LogP) is -14.0. The zero-order chi connectivity index (χ0) is 18.9. The zero-order valence-corrected chi connectivity index (χ0v) is 24.3. The van der Waals surface area contributed by atoms with E-state index in [1.807, 2.05) is 0 Å². The van der Waals surface area contributed by atoms with E-state index in [9.17, 15) is 28.8 Å². The van der Waals surface area contributed by atoms with Gasteiger partial charge in [-0.2, -0.15) is 0 Å². The van der Waals surface area contributed by atoms with Crippen LogP contribution in [0.4, 0.5) is 0 Å². The molecular formula is C12H20N2Na4O10. The normalized spacial score (nSPS) is 10.8. The summed E-state index contributed by atoms with van der Waals surface area (Å²) in [4.78, 5) is 65.6. The van der Waals surface area contributed by atoms with Crippen molar-refractivity contribution in [2.24, 2.45) is 11.5 Å². The van der Waals surface area contributed by atoms with Gasteiger partial charge in [-0.3, -0.25) is 19.2 Å². The third-order valence-corrected chi connectivity index (χ3v) is 2.53. The number of hydrogen-bond donors (Lipinski definition) is 4. The minimum Gasteiger partial charge on any atom is -1.00 e. The van der Waals surface area contributed by atoms with Crippen LogP contribution in [0, 0.1) is 0 Å². The number of carbonyl (C=O) groups excluding carboxylic acids is 4. The predicted molar refractivity (Wildman–Crippen MR) is 76.3 cm³/mol. The van der Waals surface area contributed by atoms with Crippen LogP contribution in [0.3, 0.4) is 0 Å². The van der Waals surface area contributed by atoms with Gasteiger partial charge < -0.3 is 36.9 Å². The molecule has 0 aliphatic rings. The van der Waals surface area contributed by atoms with Crippen LogP contribution in [-0.4, -0.2) is 58.1 Å². The number of carboxylic acids is 2. The van der Waals surface area contributed by atoms with Gasteiger partial charge in [-0.25, -0.2) is 9.59 Å². The summed E-state index contributed by atoms with van der Waals surface area (Å²) in [6.45, 7) is 0. The largest absolute Gasteiger partial charge is 1.00 e. The van der Waals surface area contributed by atoms with Gasteiger partial charge in [-0.1, -0.05) is 0 Å². The van der Waals surface area contributed by atoms with Gasteiger partial charge in [0.05, 0.1) is 0 Å². The third-order valence-electron chi connectivity index (χ3n) is 2.53. The first-order valence-corrected chi connectivity index (χ1v) is 6.51. The van der Waals surface area contributed by atoms with E-state index in [-0.39, 0.29) is 137 Å². The van der Waals surface area contributed by atoms with Gasteiger partial charge in [-0.15, -0.1) is 0 Å². The van der Waals surface area contributed by atoms with E-state index in [1.54, 1.807) is 0 Å². The van der Waals surface area contributed by atoms with E-state index in [1.165, 1.54) is 0 Å². The van der Waals surface area contributed by atoms with Crippen LogP contribution < -0.4 is 130 Å². The van der Waals surface area contributed by atoms with Crippen LogP contribution in [0.25, 0.3) is 0 Å². The molecule has 0 amide bonds. The summed E-state index contributed by atoms with van der Waals surface area (Å²) in [6.07, 6.45) is -1.76. The number of ether oxygens (including phenoxy) is 2. The topological polar surface area (TPSA) is 213 Å². The van der Waals surface area contributed by atoms with Crippen molar-refractivity contribution in [1.29, 1.82) is 0 Å². The molecule has 0 spiro atoms. The smallest absolute Gasteiger partial charge is 1.00 e. The Morgan fingerprint density at radius 2 is 0.929 bits per heavy atom. The molecule has 0 aliphatic heterocycles. The van der Waals surface area contributed by atoms with Crippen molar-refractivity contribution in [2.45, 2.75) is 37.8 Å². The molecule has 2 atom stereocenters. The van der Waals surface area contributed by atoms with Crippen LogP contribution >= 0.6 is 0 Å². The monoisotopic (exact) mass is 444 g/mol. The molecule has 0 aromatic heterocycles. The Hall–Kier alpha value is 1.14. The average Bonchev–Trinajstić information content (AvgIpc) is 2.49. The van der Waals surface area contributed by atoms with Crippen LogP contribution in [0.2, 0.25) is 0 Å². The van der Waals surface area contributed by atoms with Crippen molar-refractivity contribution in [3.05, 3.63) is 0 Å². The van der Waals surface area contributed by atoms with E-state index < -0.39 is 60.7 Å². The first kappa shape index (κ1) is 39.6. The molecule has 6 N–H and O–H groups in total. The number of carboxylic acid groups (broad SMARTS) is 2.